The summed E-state index contributed by atoms with van der Waals surface area (Å²) in [5, 5.41) is 12.5. The Balaban J connectivity index is 2.12. The molecule has 2 aromatic carbocycles. The van der Waals surface area contributed by atoms with Gasteiger partial charge in [0.25, 0.3) is 0 Å². The summed E-state index contributed by atoms with van der Waals surface area (Å²) in [5.74, 6) is 0. The molecule has 0 fully saturated rings. The first-order chi connectivity index (χ1) is 10.1. The van der Waals surface area contributed by atoms with Gasteiger partial charge in [0.1, 0.15) is 0 Å². The molecular formula is C18H19BrN2. The summed E-state index contributed by atoms with van der Waals surface area (Å²) >= 11 is 3.53. The van der Waals surface area contributed by atoms with E-state index in [0.717, 1.165) is 10.9 Å². The molecule has 2 nitrogen and oxygen atoms in total. The van der Waals surface area contributed by atoms with Gasteiger partial charge in [-0.2, -0.15) is 5.26 Å². The fraction of sp³-hybridized carbons (Fsp3) is 0.278. The largest absolute Gasteiger partial charge is 0.303 e. The number of nitrogens with zero attached hydrogens (tertiary/aromatic N) is 1. The molecule has 0 saturated carbocycles. The third-order valence-electron chi connectivity index (χ3n) is 3.65. The van der Waals surface area contributed by atoms with E-state index in [-0.39, 0.29) is 6.04 Å². The van der Waals surface area contributed by atoms with Crippen LogP contribution in [-0.4, -0.2) is 0 Å². The van der Waals surface area contributed by atoms with Crippen LogP contribution in [0.15, 0.2) is 53.0 Å². The zero-order valence-corrected chi connectivity index (χ0v) is 13.9. The average Bonchev–Trinajstić information content (AvgIpc) is 2.52. The Bertz CT molecular complexity index is 628. The molecule has 2 unspecified atom stereocenters. The molecule has 2 rings (SSSR count). The van der Waals surface area contributed by atoms with E-state index in [9.17, 15) is 0 Å². The lowest BCUT2D eigenvalue weighted by atomic mass is 10.0. The lowest BCUT2D eigenvalue weighted by Crippen LogP contribution is -2.24. The highest BCUT2D eigenvalue weighted by molar-refractivity contribution is 9.10. The Kier molecular flexibility index (Phi) is 5.55. The van der Waals surface area contributed by atoms with Crippen LogP contribution in [0.1, 0.15) is 49.0 Å². The number of hydrogen-bond acceptors (Lipinski definition) is 2. The highest BCUT2D eigenvalue weighted by atomic mass is 79.9. The maximum Gasteiger partial charge on any atom is 0.0991 e. The second-order valence-electron chi connectivity index (χ2n) is 5.14. The molecule has 0 spiro atoms. The van der Waals surface area contributed by atoms with E-state index < -0.39 is 0 Å². The van der Waals surface area contributed by atoms with Gasteiger partial charge >= 0.3 is 0 Å². The SMILES string of the molecule is CCC(NC(C)c1ccc(C#N)cc1)c1cccc(Br)c1. The van der Waals surface area contributed by atoms with Crippen LogP contribution in [-0.2, 0) is 0 Å². The van der Waals surface area contributed by atoms with Gasteiger partial charge in [0.15, 0.2) is 0 Å². The summed E-state index contributed by atoms with van der Waals surface area (Å²) in [7, 11) is 0. The van der Waals surface area contributed by atoms with Crippen molar-refractivity contribution in [2.75, 3.05) is 0 Å². The molecule has 0 aliphatic carbocycles. The van der Waals surface area contributed by atoms with Gasteiger partial charge in [-0.3, -0.25) is 0 Å². The molecule has 0 saturated heterocycles. The first kappa shape index (κ1) is 15.8. The van der Waals surface area contributed by atoms with Crippen molar-refractivity contribution < 1.29 is 0 Å². The Morgan fingerprint density at radius 3 is 2.43 bits per heavy atom. The van der Waals surface area contributed by atoms with Crippen molar-refractivity contribution in [1.29, 1.82) is 5.26 Å². The molecule has 3 heteroatoms. The average molecular weight is 343 g/mol. The Morgan fingerprint density at radius 1 is 1.14 bits per heavy atom. The quantitative estimate of drug-likeness (QED) is 0.818. The number of nitrogens with one attached hydrogen (secondary N) is 1. The second kappa shape index (κ2) is 7.40. The summed E-state index contributed by atoms with van der Waals surface area (Å²) in [6.07, 6.45) is 1.02. The predicted molar refractivity (Wildman–Crippen MR) is 89.9 cm³/mol. The lowest BCUT2D eigenvalue weighted by molar-refractivity contribution is 0.456. The van der Waals surface area contributed by atoms with Crippen LogP contribution in [0.4, 0.5) is 0 Å². The first-order valence-electron chi connectivity index (χ1n) is 7.15. The van der Waals surface area contributed by atoms with Crippen LogP contribution in [0.5, 0.6) is 0 Å². The van der Waals surface area contributed by atoms with E-state index in [4.69, 9.17) is 5.26 Å². The lowest BCUT2D eigenvalue weighted by Gasteiger charge is -2.23. The van der Waals surface area contributed by atoms with Gasteiger partial charge < -0.3 is 5.32 Å². The van der Waals surface area contributed by atoms with E-state index in [1.807, 2.05) is 30.3 Å². The zero-order valence-electron chi connectivity index (χ0n) is 12.3. The standard InChI is InChI=1S/C18H19BrN2/c1-3-18(16-5-4-6-17(19)11-16)21-13(2)15-9-7-14(12-20)8-10-15/h4-11,13,18,21H,3H2,1-2H3. The van der Waals surface area contributed by atoms with Crippen molar-refractivity contribution in [3.63, 3.8) is 0 Å². The second-order valence-corrected chi connectivity index (χ2v) is 6.05. The molecular weight excluding hydrogens is 324 g/mol. The molecule has 0 aliphatic rings. The third kappa shape index (κ3) is 4.17. The molecule has 0 heterocycles. The summed E-state index contributed by atoms with van der Waals surface area (Å²) in [4.78, 5) is 0. The molecule has 0 amide bonds. The fourth-order valence-corrected chi connectivity index (χ4v) is 2.83. The predicted octanol–water partition coefficient (Wildman–Crippen LogP) is 5.12. The van der Waals surface area contributed by atoms with E-state index in [1.54, 1.807) is 0 Å². The number of benzene rings is 2. The Hall–Kier alpha value is -1.63. The van der Waals surface area contributed by atoms with Gasteiger partial charge in [-0.15, -0.1) is 0 Å². The zero-order chi connectivity index (χ0) is 15.2. The van der Waals surface area contributed by atoms with Gasteiger partial charge in [-0.1, -0.05) is 47.1 Å². The van der Waals surface area contributed by atoms with Crippen LogP contribution >= 0.6 is 15.9 Å². The Morgan fingerprint density at radius 2 is 1.86 bits per heavy atom. The number of nitriles is 1. The van der Waals surface area contributed by atoms with Crippen LogP contribution in [0.3, 0.4) is 0 Å². The summed E-state index contributed by atoms with van der Waals surface area (Å²) < 4.78 is 1.10. The summed E-state index contributed by atoms with van der Waals surface area (Å²) in [6, 6.07) is 18.9. The maximum atomic E-state index is 8.86. The fourth-order valence-electron chi connectivity index (χ4n) is 2.42. The molecule has 0 aliphatic heterocycles. The summed E-state index contributed by atoms with van der Waals surface area (Å²) in [6.45, 7) is 4.34. The van der Waals surface area contributed by atoms with E-state index >= 15 is 0 Å². The highest BCUT2D eigenvalue weighted by Gasteiger charge is 2.14. The van der Waals surface area contributed by atoms with Crippen LogP contribution in [0.2, 0.25) is 0 Å². The molecule has 108 valence electrons. The number of halogens is 1. The maximum absolute atomic E-state index is 8.86. The van der Waals surface area contributed by atoms with Gasteiger partial charge in [-0.05, 0) is 48.7 Å². The molecule has 1 N–H and O–H groups in total. The van der Waals surface area contributed by atoms with Crippen LogP contribution in [0, 0.1) is 11.3 Å². The van der Waals surface area contributed by atoms with Crippen LogP contribution < -0.4 is 5.32 Å². The van der Waals surface area contributed by atoms with Crippen molar-refractivity contribution in [1.82, 2.24) is 5.32 Å². The molecule has 0 aromatic heterocycles. The van der Waals surface area contributed by atoms with Crippen molar-refractivity contribution in [3.8, 4) is 6.07 Å². The smallest absolute Gasteiger partial charge is 0.0991 e. The van der Waals surface area contributed by atoms with Crippen molar-refractivity contribution in [3.05, 3.63) is 69.7 Å². The van der Waals surface area contributed by atoms with E-state index in [2.05, 4.69) is 59.4 Å². The Labute approximate surface area is 134 Å². The van der Waals surface area contributed by atoms with Gasteiger partial charge in [0.05, 0.1) is 11.6 Å². The van der Waals surface area contributed by atoms with Crippen molar-refractivity contribution >= 4 is 15.9 Å². The van der Waals surface area contributed by atoms with E-state index in [0.29, 0.717) is 11.6 Å². The molecule has 2 atom stereocenters. The van der Waals surface area contributed by atoms with Gasteiger partial charge in [0, 0.05) is 16.6 Å². The monoisotopic (exact) mass is 342 g/mol. The normalized spacial score (nSPS) is 13.4. The van der Waals surface area contributed by atoms with Gasteiger partial charge in [-0.25, -0.2) is 0 Å². The minimum Gasteiger partial charge on any atom is -0.303 e. The number of hydrogen-bond donors (Lipinski definition) is 1. The van der Waals surface area contributed by atoms with Crippen molar-refractivity contribution in [2.45, 2.75) is 32.4 Å². The third-order valence-corrected chi connectivity index (χ3v) is 4.14. The summed E-state index contributed by atoms with van der Waals surface area (Å²) in [5.41, 5.74) is 3.18. The highest BCUT2D eigenvalue weighted by Crippen LogP contribution is 2.24. The van der Waals surface area contributed by atoms with Crippen LogP contribution in [0.25, 0.3) is 0 Å². The minimum atomic E-state index is 0.238. The molecule has 2 aromatic rings. The molecule has 21 heavy (non-hydrogen) atoms. The van der Waals surface area contributed by atoms with Crippen molar-refractivity contribution in [2.24, 2.45) is 0 Å². The molecule has 0 radical (unpaired) electrons. The minimum absolute atomic E-state index is 0.238. The van der Waals surface area contributed by atoms with E-state index in [1.165, 1.54) is 11.1 Å². The van der Waals surface area contributed by atoms with Gasteiger partial charge in [0.2, 0.25) is 0 Å². The topological polar surface area (TPSA) is 35.8 Å². The molecule has 0 bridgehead atoms. The first-order valence-corrected chi connectivity index (χ1v) is 7.95. The number of rotatable bonds is 5.